The van der Waals surface area contributed by atoms with E-state index in [1.54, 1.807) is 6.07 Å². The van der Waals surface area contributed by atoms with Crippen LogP contribution >= 0.6 is 0 Å². The highest BCUT2D eigenvalue weighted by molar-refractivity contribution is 5.97. The topological polar surface area (TPSA) is 73.4 Å². The minimum absolute atomic E-state index is 0.0218. The first kappa shape index (κ1) is 15.1. The molecule has 118 valence electrons. The summed E-state index contributed by atoms with van der Waals surface area (Å²) in [5.74, 6) is 0.918. The third kappa shape index (κ3) is 2.56. The molecule has 0 aliphatic carbocycles. The number of H-pyrrole nitrogens is 1. The van der Waals surface area contributed by atoms with E-state index < -0.39 is 5.97 Å². The summed E-state index contributed by atoms with van der Waals surface area (Å²) >= 11 is 0. The summed E-state index contributed by atoms with van der Waals surface area (Å²) in [5.41, 5.74) is 3.04. The van der Waals surface area contributed by atoms with Crippen molar-refractivity contribution in [3.63, 3.8) is 0 Å². The van der Waals surface area contributed by atoms with E-state index in [4.69, 9.17) is 0 Å². The molecule has 2 atom stereocenters. The fourth-order valence-corrected chi connectivity index (χ4v) is 3.15. The van der Waals surface area contributed by atoms with Crippen LogP contribution in [0.4, 0.5) is 5.69 Å². The molecule has 0 bridgehead atoms. The van der Waals surface area contributed by atoms with Gasteiger partial charge in [-0.2, -0.15) is 0 Å². The fraction of sp³-hybridized carbons (Fsp3) is 0.278. The number of fused-ring (bicyclic) bond motifs is 1. The van der Waals surface area contributed by atoms with E-state index in [2.05, 4.69) is 16.8 Å². The van der Waals surface area contributed by atoms with Crippen LogP contribution in [-0.2, 0) is 4.79 Å². The Morgan fingerprint density at radius 1 is 1.39 bits per heavy atom. The Kier molecular flexibility index (Phi) is 3.80. The first-order valence-corrected chi connectivity index (χ1v) is 7.56. The van der Waals surface area contributed by atoms with Crippen molar-refractivity contribution in [1.29, 1.82) is 0 Å². The number of anilines is 1. The second kappa shape index (κ2) is 5.78. The molecule has 0 spiro atoms. The van der Waals surface area contributed by atoms with Crippen LogP contribution in [0.15, 0.2) is 36.4 Å². The zero-order chi connectivity index (χ0) is 16.6. The zero-order valence-corrected chi connectivity index (χ0v) is 13.0. The summed E-state index contributed by atoms with van der Waals surface area (Å²) in [6.07, 6.45) is 0. The van der Waals surface area contributed by atoms with Gasteiger partial charge in [-0.15, -0.1) is 0 Å². The lowest BCUT2D eigenvalue weighted by atomic mass is 9.91. The molecule has 2 aromatic rings. The van der Waals surface area contributed by atoms with E-state index in [0.29, 0.717) is 17.8 Å². The highest BCUT2D eigenvalue weighted by Gasteiger charge is 2.33. The molecule has 2 heterocycles. The molecule has 5 nitrogen and oxygen atoms in total. The van der Waals surface area contributed by atoms with E-state index >= 15 is 0 Å². The molecule has 3 rings (SSSR count). The van der Waals surface area contributed by atoms with Crippen LogP contribution < -0.4 is 4.90 Å². The number of hydrogen-bond acceptors (Lipinski definition) is 3. The number of carbonyl (C=O) groups excluding carboxylic acids is 1. The molecule has 23 heavy (non-hydrogen) atoms. The van der Waals surface area contributed by atoms with E-state index in [1.807, 2.05) is 43.2 Å². The first-order chi connectivity index (χ1) is 11.0. The van der Waals surface area contributed by atoms with Gasteiger partial charge in [0, 0.05) is 12.5 Å². The Labute approximate surface area is 134 Å². The van der Waals surface area contributed by atoms with Crippen LogP contribution in [0, 0.1) is 5.92 Å². The van der Waals surface area contributed by atoms with Crippen LogP contribution in [0.5, 0.6) is 0 Å². The van der Waals surface area contributed by atoms with Gasteiger partial charge in [-0.1, -0.05) is 37.3 Å². The second-order valence-corrected chi connectivity index (χ2v) is 5.90. The van der Waals surface area contributed by atoms with Gasteiger partial charge in [-0.05, 0) is 18.6 Å². The van der Waals surface area contributed by atoms with Crippen molar-refractivity contribution >= 4 is 23.2 Å². The number of carbonyl (C=O) groups is 1. The number of aromatic nitrogens is 1. The minimum Gasteiger partial charge on any atom is -0.477 e. The number of rotatable bonds is 3. The quantitative estimate of drug-likeness (QED) is 0.854. The average Bonchev–Trinajstić information content (AvgIpc) is 2.99. The molecule has 0 saturated carbocycles. The van der Waals surface area contributed by atoms with Gasteiger partial charge in [0.1, 0.15) is 11.6 Å². The van der Waals surface area contributed by atoms with Crippen LogP contribution in [0.2, 0.25) is 0 Å². The zero-order valence-electron chi connectivity index (χ0n) is 13.0. The Hall–Kier alpha value is -2.78. The summed E-state index contributed by atoms with van der Waals surface area (Å²) in [6.45, 7) is 4.68. The highest BCUT2D eigenvalue weighted by atomic mass is 16.4. The number of nitrogens with one attached hydrogen (secondary N) is 1. The van der Waals surface area contributed by atoms with Crippen molar-refractivity contribution in [1.82, 2.24) is 4.98 Å². The van der Waals surface area contributed by atoms with Crippen molar-refractivity contribution in [3.05, 3.63) is 53.3 Å². The SMILES string of the molecule is CC1CN(C(C)c2ccccc2)c2cc(C(=O)O)[nH]c2C1=C=O. The molecule has 1 aromatic carbocycles. The van der Waals surface area contributed by atoms with Crippen molar-refractivity contribution in [3.8, 4) is 0 Å². The molecule has 1 aromatic heterocycles. The van der Waals surface area contributed by atoms with E-state index in [-0.39, 0.29) is 17.7 Å². The summed E-state index contributed by atoms with van der Waals surface area (Å²) in [5, 5.41) is 9.24. The highest BCUT2D eigenvalue weighted by Crippen LogP contribution is 2.40. The number of nitrogens with zero attached hydrogens (tertiary/aromatic N) is 1. The van der Waals surface area contributed by atoms with Crippen molar-refractivity contribution in [2.75, 3.05) is 11.4 Å². The monoisotopic (exact) mass is 310 g/mol. The normalized spacial score (nSPS) is 18.3. The molecule has 5 heteroatoms. The number of benzene rings is 1. The second-order valence-electron chi connectivity index (χ2n) is 5.90. The maximum Gasteiger partial charge on any atom is 0.352 e. The molecule has 1 aliphatic rings. The van der Waals surface area contributed by atoms with Gasteiger partial charge in [0.15, 0.2) is 0 Å². The van der Waals surface area contributed by atoms with Crippen molar-refractivity contribution in [2.24, 2.45) is 5.92 Å². The number of carboxylic acid groups (broad SMARTS) is 1. The maximum atomic E-state index is 11.3. The van der Waals surface area contributed by atoms with Crippen LogP contribution in [0.3, 0.4) is 0 Å². The minimum atomic E-state index is -1.04. The van der Waals surface area contributed by atoms with Crippen molar-refractivity contribution < 1.29 is 14.7 Å². The van der Waals surface area contributed by atoms with E-state index in [9.17, 15) is 14.7 Å². The summed E-state index contributed by atoms with van der Waals surface area (Å²) in [7, 11) is 0. The van der Waals surface area contributed by atoms with Gasteiger partial charge in [0.2, 0.25) is 0 Å². The Bertz CT molecular complexity index is 788. The fourth-order valence-electron chi connectivity index (χ4n) is 3.15. The summed E-state index contributed by atoms with van der Waals surface area (Å²) in [6, 6.07) is 11.7. The maximum absolute atomic E-state index is 11.3. The number of hydrogen-bond donors (Lipinski definition) is 2. The number of carboxylic acids is 1. The average molecular weight is 310 g/mol. The predicted octanol–water partition coefficient (Wildman–Crippen LogP) is 3.15. The lowest BCUT2D eigenvalue weighted by Gasteiger charge is -2.37. The molecule has 2 unspecified atom stereocenters. The molecular formula is C18H18N2O3. The lowest BCUT2D eigenvalue weighted by Crippen LogP contribution is -2.35. The predicted molar refractivity (Wildman–Crippen MR) is 88.2 cm³/mol. The van der Waals surface area contributed by atoms with E-state index in [0.717, 1.165) is 11.3 Å². The van der Waals surface area contributed by atoms with Gasteiger partial charge in [-0.25, -0.2) is 9.59 Å². The lowest BCUT2D eigenvalue weighted by molar-refractivity contribution is 0.0691. The molecule has 0 saturated heterocycles. The molecule has 0 fully saturated rings. The Balaban J connectivity index is 2.10. The third-order valence-corrected chi connectivity index (χ3v) is 4.43. The molecule has 0 amide bonds. The molecule has 2 N–H and O–H groups in total. The molecule has 1 aliphatic heterocycles. The molecule has 0 radical (unpaired) electrons. The van der Waals surface area contributed by atoms with Gasteiger partial charge < -0.3 is 15.0 Å². The first-order valence-electron chi connectivity index (χ1n) is 7.56. The number of aromatic amines is 1. The largest absolute Gasteiger partial charge is 0.477 e. The Morgan fingerprint density at radius 2 is 2.09 bits per heavy atom. The van der Waals surface area contributed by atoms with E-state index in [1.165, 1.54) is 0 Å². The van der Waals surface area contributed by atoms with Crippen LogP contribution in [0.1, 0.15) is 41.6 Å². The Morgan fingerprint density at radius 3 is 2.70 bits per heavy atom. The summed E-state index contributed by atoms with van der Waals surface area (Å²) < 4.78 is 0. The van der Waals surface area contributed by atoms with Gasteiger partial charge >= 0.3 is 5.97 Å². The van der Waals surface area contributed by atoms with Crippen LogP contribution in [-0.4, -0.2) is 28.5 Å². The van der Waals surface area contributed by atoms with Gasteiger partial charge in [0.25, 0.3) is 0 Å². The van der Waals surface area contributed by atoms with Crippen molar-refractivity contribution in [2.45, 2.75) is 19.9 Å². The smallest absolute Gasteiger partial charge is 0.352 e. The van der Waals surface area contributed by atoms with Gasteiger partial charge in [0.05, 0.1) is 23.0 Å². The van der Waals surface area contributed by atoms with Gasteiger partial charge in [-0.3, -0.25) is 0 Å². The third-order valence-electron chi connectivity index (χ3n) is 4.43. The molecular weight excluding hydrogens is 292 g/mol. The summed E-state index contributed by atoms with van der Waals surface area (Å²) in [4.78, 5) is 27.6. The standard InChI is InChI=1S/C18H18N2O3/c1-11-9-20(12(2)13-6-4-3-5-7-13)16-8-15(18(22)23)19-17(16)14(11)10-21/h3-8,11-12,19H,9H2,1-2H3,(H,22,23). The van der Waals surface area contributed by atoms with Crippen LogP contribution in [0.25, 0.3) is 5.57 Å². The number of aromatic carboxylic acids is 1.